The number of rotatable bonds is 8. The summed E-state index contributed by atoms with van der Waals surface area (Å²) in [6.45, 7) is 5.64. The molecule has 9 heteroatoms. The van der Waals surface area contributed by atoms with Crippen molar-refractivity contribution in [2.75, 3.05) is 31.7 Å². The molecule has 31 heavy (non-hydrogen) atoms. The highest BCUT2D eigenvalue weighted by Gasteiger charge is 2.24. The van der Waals surface area contributed by atoms with Crippen LogP contribution < -0.4 is 15.0 Å². The van der Waals surface area contributed by atoms with Gasteiger partial charge in [0, 0.05) is 36.1 Å². The van der Waals surface area contributed by atoms with Crippen molar-refractivity contribution in [2.45, 2.75) is 51.7 Å². The number of fused-ring (bicyclic) bond motifs is 1. The molecule has 1 aliphatic rings. The molecule has 0 saturated heterocycles. The van der Waals surface area contributed by atoms with Crippen molar-refractivity contribution >= 4 is 11.7 Å². The van der Waals surface area contributed by atoms with E-state index in [1.54, 1.807) is 18.3 Å². The zero-order chi connectivity index (χ0) is 22.6. The second-order valence-electron chi connectivity index (χ2n) is 8.83. The monoisotopic (exact) mass is 429 g/mol. The number of likely N-dealkylation sites (N-methyl/N-ethyl adjacent to an activating group) is 1. The summed E-state index contributed by atoms with van der Waals surface area (Å²) in [7, 11) is 1.86. The van der Waals surface area contributed by atoms with Gasteiger partial charge in [0.25, 0.3) is 0 Å². The zero-order valence-electron chi connectivity index (χ0n) is 18.6. The van der Waals surface area contributed by atoms with E-state index in [9.17, 15) is 9.90 Å². The first-order valence-corrected chi connectivity index (χ1v) is 10.5. The molecule has 0 saturated carbocycles. The van der Waals surface area contributed by atoms with Crippen molar-refractivity contribution in [3.05, 3.63) is 29.6 Å². The smallest absolute Gasteiger partial charge is 0.239 e. The first kappa shape index (κ1) is 22.9. The molecule has 3 rings (SSSR count). The van der Waals surface area contributed by atoms with Gasteiger partial charge in [-0.05, 0) is 46.1 Å². The molecule has 2 heterocycles. The van der Waals surface area contributed by atoms with Crippen molar-refractivity contribution < 1.29 is 19.7 Å². The zero-order valence-corrected chi connectivity index (χ0v) is 18.6. The van der Waals surface area contributed by atoms with E-state index in [1.807, 2.05) is 32.7 Å². The molecule has 0 radical (unpaired) electrons. The fraction of sp³-hybridized carbons (Fsp3) is 0.545. The minimum atomic E-state index is -0.952. The largest absolute Gasteiger partial charge is 0.491 e. The number of carbonyl (C=O) groups is 1. The molecule has 0 unspecified atom stereocenters. The Bertz CT molecular complexity index is 929. The fourth-order valence-corrected chi connectivity index (χ4v) is 3.46. The summed E-state index contributed by atoms with van der Waals surface area (Å²) < 4.78 is 5.52. The Kier molecular flexibility index (Phi) is 7.07. The number of hydrogen-bond donors (Lipinski definition) is 3. The average Bonchev–Trinajstić information content (AvgIpc) is 3.18. The van der Waals surface area contributed by atoms with Gasteiger partial charge in [-0.25, -0.2) is 9.97 Å². The molecule has 1 aliphatic carbocycles. The standard InChI is InChI=1S/C22H31N5O4/c1-22(2,3)26-19(30)11-27(4)21-16-6-5-7-17(16)24-20(25-21)18-10-15(8-9-23-18)31-13-14(29)12-28/h8-10,14,28-29H,5-7,11-13H2,1-4H3,(H,26,30)/t14-/m1/s1. The number of anilines is 1. The molecule has 0 fully saturated rings. The van der Waals surface area contributed by atoms with Crippen LogP contribution in [0.3, 0.4) is 0 Å². The summed E-state index contributed by atoms with van der Waals surface area (Å²) in [6, 6.07) is 3.38. The Hall–Kier alpha value is -2.78. The first-order valence-electron chi connectivity index (χ1n) is 10.5. The Balaban J connectivity index is 1.86. The number of carbonyl (C=O) groups excluding carboxylic acids is 1. The summed E-state index contributed by atoms with van der Waals surface area (Å²) in [5.74, 6) is 1.64. The number of aryl methyl sites for hydroxylation is 1. The van der Waals surface area contributed by atoms with E-state index in [4.69, 9.17) is 19.8 Å². The van der Waals surface area contributed by atoms with Crippen LogP contribution >= 0.6 is 0 Å². The van der Waals surface area contributed by atoms with Gasteiger partial charge in [0.2, 0.25) is 5.91 Å². The number of pyridine rings is 1. The van der Waals surface area contributed by atoms with E-state index in [2.05, 4.69) is 10.3 Å². The SMILES string of the molecule is CN(CC(=O)NC(C)(C)C)c1nc(-c2cc(OC[C@H](O)CO)ccn2)nc2c1CCC2. The third kappa shape index (κ3) is 6.11. The normalized spacial score (nSPS) is 14.1. The number of ether oxygens (including phenoxy) is 1. The Morgan fingerprint density at radius 1 is 1.32 bits per heavy atom. The third-order valence-corrected chi connectivity index (χ3v) is 4.78. The van der Waals surface area contributed by atoms with Crippen LogP contribution in [0.1, 0.15) is 38.4 Å². The molecule has 168 valence electrons. The lowest BCUT2D eigenvalue weighted by Gasteiger charge is -2.25. The number of hydrogen-bond acceptors (Lipinski definition) is 8. The van der Waals surface area contributed by atoms with Gasteiger partial charge in [-0.1, -0.05) is 0 Å². The van der Waals surface area contributed by atoms with Gasteiger partial charge < -0.3 is 25.2 Å². The number of aromatic nitrogens is 3. The van der Waals surface area contributed by atoms with Gasteiger partial charge in [-0.3, -0.25) is 9.78 Å². The second-order valence-corrected chi connectivity index (χ2v) is 8.83. The molecule has 0 aromatic carbocycles. The lowest BCUT2D eigenvalue weighted by atomic mass is 10.1. The Morgan fingerprint density at radius 3 is 2.81 bits per heavy atom. The topological polar surface area (TPSA) is 121 Å². The van der Waals surface area contributed by atoms with E-state index in [0.29, 0.717) is 17.3 Å². The van der Waals surface area contributed by atoms with Crippen molar-refractivity contribution in [3.8, 4) is 17.3 Å². The average molecular weight is 430 g/mol. The van der Waals surface area contributed by atoms with E-state index in [0.717, 1.165) is 36.3 Å². The second kappa shape index (κ2) is 9.57. The molecule has 0 bridgehead atoms. The summed E-state index contributed by atoms with van der Waals surface area (Å²) in [5, 5.41) is 21.4. The maximum atomic E-state index is 12.4. The summed E-state index contributed by atoms with van der Waals surface area (Å²) in [5.41, 5.74) is 2.30. The Labute approximate surface area is 182 Å². The van der Waals surface area contributed by atoms with E-state index < -0.39 is 6.10 Å². The van der Waals surface area contributed by atoms with Crippen molar-refractivity contribution in [1.82, 2.24) is 20.3 Å². The van der Waals surface area contributed by atoms with Gasteiger partial charge in [-0.15, -0.1) is 0 Å². The van der Waals surface area contributed by atoms with E-state index in [1.165, 1.54) is 0 Å². The van der Waals surface area contributed by atoms with Gasteiger partial charge in [0.05, 0.1) is 13.2 Å². The van der Waals surface area contributed by atoms with Crippen LogP contribution in [0.25, 0.3) is 11.5 Å². The lowest BCUT2D eigenvalue weighted by Crippen LogP contribution is -2.45. The number of nitrogens with zero attached hydrogens (tertiary/aromatic N) is 4. The van der Waals surface area contributed by atoms with Crippen LogP contribution in [-0.2, 0) is 17.6 Å². The maximum absolute atomic E-state index is 12.4. The Morgan fingerprint density at radius 2 is 2.10 bits per heavy atom. The van der Waals surface area contributed by atoms with Crippen LogP contribution in [0.5, 0.6) is 5.75 Å². The highest BCUT2D eigenvalue weighted by Crippen LogP contribution is 2.31. The number of amides is 1. The van der Waals surface area contributed by atoms with Crippen molar-refractivity contribution in [1.29, 1.82) is 0 Å². The van der Waals surface area contributed by atoms with Gasteiger partial charge in [-0.2, -0.15) is 0 Å². The summed E-state index contributed by atoms with van der Waals surface area (Å²) in [6.07, 6.45) is 3.38. The highest BCUT2D eigenvalue weighted by molar-refractivity contribution is 5.82. The van der Waals surface area contributed by atoms with Crippen molar-refractivity contribution in [3.63, 3.8) is 0 Å². The molecular formula is C22H31N5O4. The van der Waals surface area contributed by atoms with Crippen molar-refractivity contribution in [2.24, 2.45) is 0 Å². The molecule has 2 aromatic rings. The van der Waals surface area contributed by atoms with E-state index >= 15 is 0 Å². The maximum Gasteiger partial charge on any atom is 0.239 e. The predicted molar refractivity (Wildman–Crippen MR) is 117 cm³/mol. The minimum absolute atomic E-state index is 0.0259. The molecule has 0 spiro atoms. The molecule has 0 aliphatic heterocycles. The molecule has 9 nitrogen and oxygen atoms in total. The quantitative estimate of drug-likeness (QED) is 0.571. The fourth-order valence-electron chi connectivity index (χ4n) is 3.46. The van der Waals surface area contributed by atoms with Crippen LogP contribution in [0, 0.1) is 0 Å². The predicted octanol–water partition coefficient (Wildman–Crippen LogP) is 1.11. The summed E-state index contributed by atoms with van der Waals surface area (Å²) >= 11 is 0. The van der Waals surface area contributed by atoms with Crippen LogP contribution in [0.15, 0.2) is 18.3 Å². The number of nitrogens with one attached hydrogen (secondary N) is 1. The number of aliphatic hydroxyl groups is 2. The minimum Gasteiger partial charge on any atom is -0.491 e. The third-order valence-electron chi connectivity index (χ3n) is 4.78. The van der Waals surface area contributed by atoms with Gasteiger partial charge in [0.1, 0.15) is 30.0 Å². The van der Waals surface area contributed by atoms with Crippen LogP contribution in [0.4, 0.5) is 5.82 Å². The van der Waals surface area contributed by atoms with E-state index in [-0.39, 0.29) is 31.2 Å². The number of aliphatic hydroxyl groups excluding tert-OH is 2. The molecular weight excluding hydrogens is 398 g/mol. The molecule has 2 aromatic heterocycles. The summed E-state index contributed by atoms with van der Waals surface area (Å²) in [4.78, 5) is 28.1. The van der Waals surface area contributed by atoms with Gasteiger partial charge >= 0.3 is 0 Å². The highest BCUT2D eigenvalue weighted by atomic mass is 16.5. The lowest BCUT2D eigenvalue weighted by molar-refractivity contribution is -0.121. The molecule has 1 atom stereocenters. The van der Waals surface area contributed by atoms with Crippen LogP contribution in [0.2, 0.25) is 0 Å². The van der Waals surface area contributed by atoms with Crippen LogP contribution in [-0.4, -0.2) is 69.5 Å². The van der Waals surface area contributed by atoms with Gasteiger partial charge in [0.15, 0.2) is 5.82 Å². The molecule has 3 N–H and O–H groups in total. The molecule has 1 amide bonds. The first-order chi connectivity index (χ1) is 14.7.